The Morgan fingerprint density at radius 2 is 2.35 bits per heavy atom. The number of thioether (sulfide) groups is 1. The zero-order valence-electron chi connectivity index (χ0n) is 12.5. The van der Waals surface area contributed by atoms with Gasteiger partial charge in [0.1, 0.15) is 5.82 Å². The number of aromatic nitrogens is 1. The van der Waals surface area contributed by atoms with Crippen LogP contribution in [0.4, 0.5) is 5.82 Å². The van der Waals surface area contributed by atoms with Crippen molar-refractivity contribution in [3.05, 3.63) is 22.8 Å². The quantitative estimate of drug-likeness (QED) is 0.901. The van der Waals surface area contributed by atoms with Crippen LogP contribution in [0.15, 0.2) is 12.3 Å². The van der Waals surface area contributed by atoms with E-state index in [1.165, 1.54) is 0 Å². The summed E-state index contributed by atoms with van der Waals surface area (Å²) in [5, 5.41) is 4.84. The maximum Gasteiger partial charge on any atom is 0.147 e. The highest BCUT2D eigenvalue weighted by Crippen LogP contribution is 2.28. The Kier molecular flexibility index (Phi) is 6.00. The van der Waals surface area contributed by atoms with Crippen LogP contribution in [0.25, 0.3) is 0 Å². The maximum absolute atomic E-state index is 6.41. The number of nitrogens with zero attached hydrogens (tertiary/aromatic N) is 2. The number of pyridine rings is 1. The third kappa shape index (κ3) is 4.54. The van der Waals surface area contributed by atoms with Gasteiger partial charge in [-0.2, -0.15) is 11.8 Å². The minimum absolute atomic E-state index is 0.647. The largest absolute Gasteiger partial charge is 0.353 e. The van der Waals surface area contributed by atoms with Crippen molar-refractivity contribution in [3.8, 4) is 0 Å². The van der Waals surface area contributed by atoms with Gasteiger partial charge in [-0.15, -0.1) is 0 Å². The lowest BCUT2D eigenvalue weighted by Crippen LogP contribution is -2.37. The Hall–Kier alpha value is -0.450. The summed E-state index contributed by atoms with van der Waals surface area (Å²) < 4.78 is 0. The maximum atomic E-state index is 6.41. The first-order valence-corrected chi connectivity index (χ1v) is 8.70. The van der Waals surface area contributed by atoms with Gasteiger partial charge < -0.3 is 10.2 Å². The molecule has 1 aromatic rings. The van der Waals surface area contributed by atoms with E-state index in [9.17, 15) is 0 Å². The summed E-state index contributed by atoms with van der Waals surface area (Å²) in [6.45, 7) is 10.6. The lowest BCUT2D eigenvalue weighted by Gasteiger charge is -2.32. The molecule has 0 saturated carbocycles. The average Bonchev–Trinajstić information content (AvgIpc) is 2.38. The van der Waals surface area contributed by atoms with Gasteiger partial charge in [-0.05, 0) is 24.1 Å². The molecule has 20 heavy (non-hydrogen) atoms. The van der Waals surface area contributed by atoms with Gasteiger partial charge in [0.25, 0.3) is 0 Å². The Balaban J connectivity index is 1.98. The third-order valence-electron chi connectivity index (χ3n) is 3.30. The fraction of sp³-hybridized carbons (Fsp3) is 0.667. The zero-order chi connectivity index (χ0) is 14.5. The molecule has 0 aliphatic carbocycles. The van der Waals surface area contributed by atoms with Gasteiger partial charge in [-0.25, -0.2) is 4.98 Å². The molecular weight excluding hydrogens is 290 g/mol. The van der Waals surface area contributed by atoms with E-state index in [1.54, 1.807) is 0 Å². The van der Waals surface area contributed by atoms with E-state index < -0.39 is 0 Å². The first-order valence-electron chi connectivity index (χ1n) is 7.28. The Labute approximate surface area is 131 Å². The van der Waals surface area contributed by atoms with Crippen LogP contribution in [0.3, 0.4) is 0 Å². The van der Waals surface area contributed by atoms with E-state index in [2.05, 4.69) is 36.0 Å². The van der Waals surface area contributed by atoms with Crippen LogP contribution in [-0.4, -0.2) is 35.6 Å². The van der Waals surface area contributed by atoms with E-state index in [1.807, 2.05) is 24.0 Å². The molecule has 0 amide bonds. The molecule has 1 unspecified atom stereocenters. The number of halogens is 1. The van der Waals surface area contributed by atoms with Gasteiger partial charge in [0, 0.05) is 36.8 Å². The van der Waals surface area contributed by atoms with E-state index >= 15 is 0 Å². The molecular formula is C15H24ClN3S. The number of anilines is 1. The smallest absolute Gasteiger partial charge is 0.147 e. The second kappa shape index (κ2) is 7.53. The predicted molar refractivity (Wildman–Crippen MR) is 89.9 cm³/mol. The predicted octanol–water partition coefficient (Wildman–Crippen LogP) is 3.42. The zero-order valence-corrected chi connectivity index (χ0v) is 14.1. The van der Waals surface area contributed by atoms with Crippen LogP contribution in [0.2, 0.25) is 5.02 Å². The van der Waals surface area contributed by atoms with Crippen molar-refractivity contribution in [2.45, 2.75) is 32.6 Å². The summed E-state index contributed by atoms with van der Waals surface area (Å²) >= 11 is 8.43. The first-order chi connectivity index (χ1) is 9.56. The number of hydrogen-bond donors (Lipinski definition) is 1. The average molecular weight is 314 g/mol. The molecule has 112 valence electrons. The van der Waals surface area contributed by atoms with E-state index in [0.717, 1.165) is 48.3 Å². The van der Waals surface area contributed by atoms with Crippen molar-refractivity contribution in [2.24, 2.45) is 5.92 Å². The molecule has 1 aliphatic heterocycles. The van der Waals surface area contributed by atoms with Crippen molar-refractivity contribution in [1.82, 2.24) is 10.3 Å². The second-order valence-electron chi connectivity index (χ2n) is 5.80. The molecule has 0 spiro atoms. The van der Waals surface area contributed by atoms with Gasteiger partial charge in [0.2, 0.25) is 0 Å². The normalized spacial score (nSPS) is 19.6. The molecule has 0 radical (unpaired) electrons. The van der Waals surface area contributed by atoms with Crippen LogP contribution in [0.5, 0.6) is 0 Å². The summed E-state index contributed by atoms with van der Waals surface area (Å²) in [6.07, 6.45) is 1.95. The highest BCUT2D eigenvalue weighted by molar-refractivity contribution is 8.00. The second-order valence-corrected chi connectivity index (χ2v) is 7.75. The first kappa shape index (κ1) is 15.9. The molecule has 1 fully saturated rings. The van der Waals surface area contributed by atoms with E-state index in [4.69, 9.17) is 11.6 Å². The van der Waals surface area contributed by atoms with Crippen molar-refractivity contribution < 1.29 is 0 Å². The molecule has 0 aromatic carbocycles. The van der Waals surface area contributed by atoms with Gasteiger partial charge >= 0.3 is 0 Å². The van der Waals surface area contributed by atoms with Gasteiger partial charge in [-0.3, -0.25) is 0 Å². The Bertz CT molecular complexity index is 439. The summed E-state index contributed by atoms with van der Waals surface area (Å²) in [6, 6.07) is 2.05. The fourth-order valence-electron chi connectivity index (χ4n) is 2.32. The SMILES string of the molecule is CC(C)CNCc1cnc(N2CCSC(C)C2)c(Cl)c1. The minimum atomic E-state index is 0.647. The third-order valence-corrected chi connectivity index (χ3v) is 4.72. The van der Waals surface area contributed by atoms with Crippen molar-refractivity contribution in [1.29, 1.82) is 0 Å². The number of nitrogens with one attached hydrogen (secondary N) is 1. The summed E-state index contributed by atoms with van der Waals surface area (Å²) in [5.74, 6) is 2.74. The molecule has 1 aliphatic rings. The highest BCUT2D eigenvalue weighted by atomic mass is 35.5. The molecule has 3 nitrogen and oxygen atoms in total. The van der Waals surface area contributed by atoms with Crippen LogP contribution in [0.1, 0.15) is 26.3 Å². The minimum Gasteiger partial charge on any atom is -0.353 e. The molecule has 2 rings (SSSR count). The van der Waals surface area contributed by atoms with Crippen LogP contribution < -0.4 is 10.2 Å². The van der Waals surface area contributed by atoms with Gasteiger partial charge in [0.15, 0.2) is 0 Å². The van der Waals surface area contributed by atoms with E-state index in [-0.39, 0.29) is 0 Å². The topological polar surface area (TPSA) is 28.2 Å². The summed E-state index contributed by atoms with van der Waals surface area (Å²) in [5.41, 5.74) is 1.15. The van der Waals surface area contributed by atoms with Crippen LogP contribution in [0, 0.1) is 5.92 Å². The summed E-state index contributed by atoms with van der Waals surface area (Å²) in [4.78, 5) is 6.88. The molecule has 1 aromatic heterocycles. The standard InChI is InChI=1S/C15H24ClN3S/c1-11(2)7-17-8-13-6-14(16)15(18-9-13)19-4-5-20-12(3)10-19/h6,9,11-12,17H,4-5,7-8,10H2,1-3H3. The van der Waals surface area contributed by atoms with Crippen molar-refractivity contribution in [2.75, 3.05) is 30.3 Å². The molecule has 2 heterocycles. The van der Waals surface area contributed by atoms with Gasteiger partial charge in [-0.1, -0.05) is 32.4 Å². The Morgan fingerprint density at radius 3 is 3.00 bits per heavy atom. The molecule has 0 bridgehead atoms. The lowest BCUT2D eigenvalue weighted by molar-refractivity contribution is 0.552. The van der Waals surface area contributed by atoms with E-state index in [0.29, 0.717) is 11.2 Å². The van der Waals surface area contributed by atoms with Crippen molar-refractivity contribution in [3.63, 3.8) is 0 Å². The highest BCUT2D eigenvalue weighted by Gasteiger charge is 2.20. The molecule has 5 heteroatoms. The Morgan fingerprint density at radius 1 is 1.55 bits per heavy atom. The fourth-order valence-corrected chi connectivity index (χ4v) is 3.64. The molecule has 1 saturated heterocycles. The van der Waals surface area contributed by atoms with Crippen LogP contribution >= 0.6 is 23.4 Å². The van der Waals surface area contributed by atoms with Crippen molar-refractivity contribution >= 4 is 29.2 Å². The molecule has 1 atom stereocenters. The number of rotatable bonds is 5. The monoisotopic (exact) mass is 313 g/mol. The molecule has 1 N–H and O–H groups in total. The van der Waals surface area contributed by atoms with Crippen LogP contribution in [-0.2, 0) is 6.54 Å². The lowest BCUT2D eigenvalue weighted by atomic mass is 10.2. The summed E-state index contributed by atoms with van der Waals surface area (Å²) in [7, 11) is 0. The number of hydrogen-bond acceptors (Lipinski definition) is 4. The van der Waals surface area contributed by atoms with Gasteiger partial charge in [0.05, 0.1) is 5.02 Å².